The quantitative estimate of drug-likeness (QED) is 0.183. The maximum atomic E-state index is 13.3. The van der Waals surface area contributed by atoms with Crippen molar-refractivity contribution in [3.05, 3.63) is 94.3 Å². The number of fused-ring (bicyclic) bond motifs is 1. The zero-order chi connectivity index (χ0) is 28.2. The summed E-state index contributed by atoms with van der Waals surface area (Å²) in [4.78, 5) is 38.3. The van der Waals surface area contributed by atoms with Gasteiger partial charge in [-0.05, 0) is 68.7 Å². The summed E-state index contributed by atoms with van der Waals surface area (Å²) in [5, 5.41) is 3.31. The minimum atomic E-state index is -1.02. The van der Waals surface area contributed by atoms with Crippen LogP contribution >= 0.6 is 0 Å². The Morgan fingerprint density at radius 3 is 2.31 bits per heavy atom. The highest BCUT2D eigenvalue weighted by atomic mass is 16.6. The van der Waals surface area contributed by atoms with Gasteiger partial charge in [0.2, 0.25) is 0 Å². The van der Waals surface area contributed by atoms with Gasteiger partial charge >= 0.3 is 17.7 Å². The van der Waals surface area contributed by atoms with E-state index in [0.717, 1.165) is 11.1 Å². The minimum absolute atomic E-state index is 0.197. The molecule has 0 saturated heterocycles. The van der Waals surface area contributed by atoms with Crippen LogP contribution in [0.25, 0.3) is 22.1 Å². The lowest BCUT2D eigenvalue weighted by Gasteiger charge is -2.23. The average Bonchev–Trinajstić information content (AvgIpc) is 2.89. The number of benzene rings is 3. The number of carbonyl (C=O) groups is 2. The van der Waals surface area contributed by atoms with Gasteiger partial charge < -0.3 is 23.9 Å². The molecule has 1 heterocycles. The van der Waals surface area contributed by atoms with Crippen molar-refractivity contribution >= 4 is 23.0 Å². The molecular formula is C31H31NO7. The Morgan fingerprint density at radius 2 is 1.67 bits per heavy atom. The van der Waals surface area contributed by atoms with Crippen molar-refractivity contribution in [2.45, 2.75) is 45.8 Å². The van der Waals surface area contributed by atoms with Crippen LogP contribution in [-0.4, -0.2) is 30.8 Å². The molecule has 1 aromatic heterocycles. The largest absolute Gasteiger partial charge is 0.497 e. The minimum Gasteiger partial charge on any atom is -0.497 e. The maximum absolute atomic E-state index is 13.3. The fourth-order valence-electron chi connectivity index (χ4n) is 4.14. The Bertz CT molecular complexity index is 1530. The predicted molar refractivity (Wildman–Crippen MR) is 148 cm³/mol. The number of methoxy groups -OCH3 is 1. The van der Waals surface area contributed by atoms with Gasteiger partial charge in [0.15, 0.2) is 0 Å². The molecule has 202 valence electrons. The van der Waals surface area contributed by atoms with Crippen molar-refractivity contribution in [1.29, 1.82) is 0 Å². The second-order valence-electron chi connectivity index (χ2n) is 10.1. The van der Waals surface area contributed by atoms with Crippen molar-refractivity contribution in [1.82, 2.24) is 5.32 Å². The molecule has 0 bridgehead atoms. The Morgan fingerprint density at radius 1 is 0.974 bits per heavy atom. The molecule has 0 spiro atoms. The highest BCUT2D eigenvalue weighted by Gasteiger charge is 2.27. The van der Waals surface area contributed by atoms with Gasteiger partial charge in [-0.15, -0.1) is 0 Å². The molecule has 8 nitrogen and oxygen atoms in total. The molecule has 0 saturated carbocycles. The van der Waals surface area contributed by atoms with Crippen LogP contribution in [0.15, 0.2) is 82.0 Å². The van der Waals surface area contributed by atoms with Crippen molar-refractivity contribution in [3.63, 3.8) is 0 Å². The van der Waals surface area contributed by atoms with E-state index in [4.69, 9.17) is 18.6 Å². The van der Waals surface area contributed by atoms with Gasteiger partial charge in [-0.3, -0.25) is 0 Å². The van der Waals surface area contributed by atoms with E-state index in [0.29, 0.717) is 27.8 Å². The first-order valence-electron chi connectivity index (χ1n) is 12.5. The zero-order valence-electron chi connectivity index (χ0n) is 22.6. The van der Waals surface area contributed by atoms with Crippen LogP contribution < -0.4 is 20.4 Å². The van der Waals surface area contributed by atoms with Crippen LogP contribution in [-0.2, 0) is 16.0 Å². The molecule has 0 aliphatic heterocycles. The van der Waals surface area contributed by atoms with Crippen LogP contribution in [0, 0.1) is 6.92 Å². The number of nitrogens with one attached hydrogen (secondary N) is 1. The zero-order valence-corrected chi connectivity index (χ0v) is 22.6. The molecule has 1 amide bonds. The van der Waals surface area contributed by atoms with E-state index in [-0.39, 0.29) is 12.2 Å². The number of esters is 1. The molecule has 39 heavy (non-hydrogen) atoms. The van der Waals surface area contributed by atoms with Gasteiger partial charge in [0.1, 0.15) is 28.7 Å². The van der Waals surface area contributed by atoms with E-state index in [9.17, 15) is 14.4 Å². The molecule has 1 atom stereocenters. The summed E-state index contributed by atoms with van der Waals surface area (Å²) in [6, 6.07) is 20.4. The first-order chi connectivity index (χ1) is 18.5. The second-order valence-corrected chi connectivity index (χ2v) is 10.1. The Kier molecular flexibility index (Phi) is 8.04. The fourth-order valence-corrected chi connectivity index (χ4v) is 4.14. The molecule has 0 aliphatic carbocycles. The fraction of sp³-hybridized carbons (Fsp3) is 0.258. The Hall–Kier alpha value is -4.59. The molecule has 4 rings (SSSR count). The molecule has 8 heteroatoms. The number of hydrogen-bond donors (Lipinski definition) is 1. The topological polar surface area (TPSA) is 104 Å². The smallest absolute Gasteiger partial charge is 0.408 e. The van der Waals surface area contributed by atoms with Crippen molar-refractivity contribution in [2.75, 3.05) is 7.11 Å². The first-order valence-corrected chi connectivity index (χ1v) is 12.5. The number of alkyl carbamates (subject to hydrolysis) is 1. The summed E-state index contributed by atoms with van der Waals surface area (Å²) in [6.07, 6.45) is -0.534. The normalized spacial score (nSPS) is 12.0. The van der Waals surface area contributed by atoms with E-state index >= 15 is 0 Å². The summed E-state index contributed by atoms with van der Waals surface area (Å²) in [7, 11) is 1.58. The number of aryl methyl sites for hydroxylation is 1. The molecular weight excluding hydrogens is 498 g/mol. The van der Waals surface area contributed by atoms with E-state index < -0.39 is 29.3 Å². The number of rotatable bonds is 7. The standard InChI is InChI=1S/C31H31NO7/c1-19-26(16-15-23-24(18-27(33)38-28(19)23)21-11-13-22(36-5)14-12-21)37-29(34)25(17-20-9-7-6-8-10-20)32-30(35)39-31(2,3)4/h6-16,18,25H,17H2,1-5H3,(H,32,35)/t25-/m1/s1. The van der Waals surface area contributed by atoms with Gasteiger partial charge in [-0.2, -0.15) is 0 Å². The van der Waals surface area contributed by atoms with Crippen LogP contribution in [0.3, 0.4) is 0 Å². The van der Waals surface area contributed by atoms with Crippen LogP contribution in [0.1, 0.15) is 31.9 Å². The van der Waals surface area contributed by atoms with Crippen molar-refractivity contribution < 1.29 is 28.2 Å². The average molecular weight is 530 g/mol. The molecule has 0 aliphatic rings. The summed E-state index contributed by atoms with van der Waals surface area (Å²) < 4.78 is 21.9. The van der Waals surface area contributed by atoms with Crippen LogP contribution in [0.4, 0.5) is 4.79 Å². The summed E-state index contributed by atoms with van der Waals surface area (Å²) in [5.41, 5.74) is 1.83. The van der Waals surface area contributed by atoms with Crippen LogP contribution in [0.2, 0.25) is 0 Å². The SMILES string of the molecule is COc1ccc(-c2cc(=O)oc3c(C)c(OC(=O)[C@@H](Cc4ccccc4)NC(=O)OC(C)(C)C)ccc23)cc1. The summed E-state index contributed by atoms with van der Waals surface area (Å²) in [6.45, 7) is 6.93. The molecule has 0 unspecified atom stereocenters. The Labute approximate surface area is 226 Å². The number of carbonyl (C=O) groups excluding carboxylic acids is 2. The number of ether oxygens (including phenoxy) is 3. The lowest BCUT2D eigenvalue weighted by Crippen LogP contribution is -2.46. The summed E-state index contributed by atoms with van der Waals surface area (Å²) >= 11 is 0. The lowest BCUT2D eigenvalue weighted by molar-refractivity contribution is -0.136. The molecule has 0 radical (unpaired) electrons. The highest BCUT2D eigenvalue weighted by molar-refractivity contribution is 5.96. The molecule has 0 fully saturated rings. The second kappa shape index (κ2) is 11.4. The van der Waals surface area contributed by atoms with Gasteiger partial charge in [-0.1, -0.05) is 42.5 Å². The predicted octanol–water partition coefficient (Wildman–Crippen LogP) is 5.82. The maximum Gasteiger partial charge on any atom is 0.408 e. The third kappa shape index (κ3) is 6.84. The molecule has 4 aromatic rings. The third-order valence-electron chi connectivity index (χ3n) is 5.98. The van der Waals surface area contributed by atoms with E-state index in [2.05, 4.69) is 5.32 Å². The monoisotopic (exact) mass is 529 g/mol. The summed E-state index contributed by atoms with van der Waals surface area (Å²) in [5.74, 6) is 0.230. The van der Waals surface area contributed by atoms with Gasteiger partial charge in [-0.25, -0.2) is 14.4 Å². The molecule has 1 N–H and O–H groups in total. The molecule has 3 aromatic carbocycles. The third-order valence-corrected chi connectivity index (χ3v) is 5.98. The van der Waals surface area contributed by atoms with Crippen molar-refractivity contribution in [3.8, 4) is 22.6 Å². The number of amides is 1. The van der Waals surface area contributed by atoms with E-state index in [1.54, 1.807) is 46.9 Å². The van der Waals surface area contributed by atoms with E-state index in [1.165, 1.54) is 6.07 Å². The van der Waals surface area contributed by atoms with E-state index in [1.807, 2.05) is 54.6 Å². The van der Waals surface area contributed by atoms with Gasteiger partial charge in [0, 0.05) is 23.4 Å². The van der Waals surface area contributed by atoms with Gasteiger partial charge in [0.05, 0.1) is 7.11 Å². The Balaban J connectivity index is 1.65. The lowest BCUT2D eigenvalue weighted by atomic mass is 10.00. The van der Waals surface area contributed by atoms with Crippen LogP contribution in [0.5, 0.6) is 11.5 Å². The number of hydrogen-bond acceptors (Lipinski definition) is 7. The highest BCUT2D eigenvalue weighted by Crippen LogP contribution is 2.34. The van der Waals surface area contributed by atoms with Gasteiger partial charge in [0.25, 0.3) is 0 Å². The van der Waals surface area contributed by atoms with Crippen molar-refractivity contribution in [2.24, 2.45) is 0 Å². The first kappa shape index (κ1) is 27.4.